The maximum Gasteiger partial charge on any atom is 0.155 e. The van der Waals surface area contributed by atoms with Crippen molar-refractivity contribution < 1.29 is 10.2 Å². The molecule has 90 valence electrons. The Morgan fingerprint density at radius 2 is 1.80 bits per heavy atom. The fourth-order valence-electron chi connectivity index (χ4n) is 1.49. The van der Waals surface area contributed by atoms with Crippen molar-refractivity contribution in [1.82, 2.24) is 4.90 Å². The molecule has 0 spiro atoms. The minimum atomic E-state index is -0.347. The molecule has 0 saturated heterocycles. The van der Waals surface area contributed by atoms with E-state index in [1.54, 1.807) is 6.92 Å². The molecule has 15 heavy (non-hydrogen) atoms. The second-order valence-corrected chi connectivity index (χ2v) is 4.98. The van der Waals surface area contributed by atoms with Crippen molar-refractivity contribution >= 4 is 7.28 Å². The molecular weight excluding hydrogens is 189 g/mol. The van der Waals surface area contributed by atoms with Gasteiger partial charge in [-0.1, -0.05) is 13.7 Å². The van der Waals surface area contributed by atoms with Gasteiger partial charge in [-0.3, -0.25) is 4.90 Å². The Balaban J connectivity index is 4.43. The van der Waals surface area contributed by atoms with Gasteiger partial charge in [0.15, 0.2) is 7.28 Å². The summed E-state index contributed by atoms with van der Waals surface area (Å²) in [6.07, 6.45) is 0.663. The minimum Gasteiger partial charge on any atom is -0.401 e. The summed E-state index contributed by atoms with van der Waals surface area (Å²) in [5, 5.41) is 19.1. The van der Waals surface area contributed by atoms with Crippen LogP contribution >= 0.6 is 0 Å². The monoisotopic (exact) mass is 215 g/mol. The zero-order chi connectivity index (χ0) is 12.1. The lowest BCUT2D eigenvalue weighted by Crippen LogP contribution is -2.50. The van der Waals surface area contributed by atoms with Gasteiger partial charge < -0.3 is 10.2 Å². The molecule has 3 nitrogen and oxygen atoms in total. The lowest BCUT2D eigenvalue weighted by molar-refractivity contribution is 0.0342. The average molecular weight is 215 g/mol. The molecule has 0 aromatic carbocycles. The lowest BCUT2D eigenvalue weighted by atomic mass is 9.74. The van der Waals surface area contributed by atoms with Crippen molar-refractivity contribution in [3.05, 3.63) is 0 Å². The van der Waals surface area contributed by atoms with Crippen molar-refractivity contribution in [3.63, 3.8) is 0 Å². The quantitative estimate of drug-likeness (QED) is 0.613. The summed E-state index contributed by atoms with van der Waals surface area (Å²) in [4.78, 5) is 2.17. The number of β-amino-alcohol motifs (C(OH)–C–C–N with tert-alkyl or cyclic N) is 2. The summed E-state index contributed by atoms with van der Waals surface area (Å²) in [6, 6.07) is -0.297. The van der Waals surface area contributed by atoms with Crippen molar-refractivity contribution in [1.29, 1.82) is 0 Å². The van der Waals surface area contributed by atoms with E-state index in [1.807, 2.05) is 6.82 Å². The van der Waals surface area contributed by atoms with Crippen LogP contribution in [0.25, 0.3) is 0 Å². The first-order chi connectivity index (χ1) is 6.83. The van der Waals surface area contributed by atoms with Crippen LogP contribution in [0.3, 0.4) is 0 Å². The van der Waals surface area contributed by atoms with Gasteiger partial charge >= 0.3 is 0 Å². The summed E-state index contributed by atoms with van der Waals surface area (Å²) in [5.74, 6) is 0. The van der Waals surface area contributed by atoms with Crippen LogP contribution in [0.1, 0.15) is 34.1 Å². The molecule has 0 aromatic heterocycles. The van der Waals surface area contributed by atoms with Crippen LogP contribution in [0.4, 0.5) is 0 Å². The summed E-state index contributed by atoms with van der Waals surface area (Å²) >= 11 is 0. The summed E-state index contributed by atoms with van der Waals surface area (Å²) in [5.41, 5.74) is 0.0349. The highest BCUT2D eigenvalue weighted by Gasteiger charge is 2.27. The first-order valence-electron chi connectivity index (χ1n) is 5.94. The van der Waals surface area contributed by atoms with Gasteiger partial charge in [0.05, 0.1) is 6.10 Å². The molecule has 0 aliphatic rings. The lowest BCUT2D eigenvalue weighted by Gasteiger charge is -2.40. The van der Waals surface area contributed by atoms with Crippen molar-refractivity contribution in [3.8, 4) is 0 Å². The summed E-state index contributed by atoms with van der Waals surface area (Å²) in [7, 11) is 0.760. The van der Waals surface area contributed by atoms with E-state index in [-0.39, 0.29) is 17.6 Å². The van der Waals surface area contributed by atoms with Gasteiger partial charge in [0.2, 0.25) is 0 Å². The number of aliphatic hydroxyl groups is 2. The molecule has 0 rings (SSSR count). The van der Waals surface area contributed by atoms with Gasteiger partial charge in [0.25, 0.3) is 0 Å². The van der Waals surface area contributed by atoms with E-state index < -0.39 is 0 Å². The van der Waals surface area contributed by atoms with E-state index in [9.17, 15) is 10.2 Å². The number of hydrogen-bond donors (Lipinski definition) is 2. The summed E-state index contributed by atoms with van der Waals surface area (Å²) in [6.45, 7) is 11.5. The van der Waals surface area contributed by atoms with E-state index in [2.05, 4.69) is 25.7 Å². The van der Waals surface area contributed by atoms with Crippen LogP contribution in [-0.4, -0.2) is 53.1 Å². The summed E-state index contributed by atoms with van der Waals surface area (Å²) < 4.78 is 0. The third kappa shape index (κ3) is 5.54. The van der Waals surface area contributed by atoms with Crippen molar-refractivity contribution in [2.75, 3.05) is 13.1 Å². The van der Waals surface area contributed by atoms with Crippen LogP contribution in [0.15, 0.2) is 0 Å². The predicted octanol–water partition coefficient (Wildman–Crippen LogP) is 0.661. The van der Waals surface area contributed by atoms with E-state index in [0.29, 0.717) is 13.1 Å². The highest BCUT2D eigenvalue weighted by Crippen LogP contribution is 2.19. The van der Waals surface area contributed by atoms with Gasteiger partial charge in [-0.2, -0.15) is 0 Å². The maximum absolute atomic E-state index is 9.68. The van der Waals surface area contributed by atoms with Gasteiger partial charge in [0.1, 0.15) is 0 Å². The Morgan fingerprint density at radius 3 is 2.13 bits per heavy atom. The fourth-order valence-corrected chi connectivity index (χ4v) is 1.49. The molecule has 0 aliphatic heterocycles. The molecule has 2 atom stereocenters. The van der Waals surface area contributed by atoms with Crippen LogP contribution in [0, 0.1) is 0 Å². The van der Waals surface area contributed by atoms with Crippen LogP contribution in [-0.2, 0) is 0 Å². The smallest absolute Gasteiger partial charge is 0.155 e. The predicted molar refractivity (Wildman–Crippen MR) is 66.6 cm³/mol. The molecule has 0 aliphatic carbocycles. The van der Waals surface area contributed by atoms with Crippen LogP contribution < -0.4 is 0 Å². The van der Waals surface area contributed by atoms with Gasteiger partial charge in [-0.25, -0.2) is 0 Å². The molecule has 0 aromatic rings. The van der Waals surface area contributed by atoms with Crippen LogP contribution in [0.2, 0.25) is 6.82 Å². The van der Waals surface area contributed by atoms with E-state index in [1.165, 1.54) is 0 Å². The zero-order valence-corrected chi connectivity index (χ0v) is 10.8. The standard InChI is InChI=1S/C11H26BNO2/c1-6-11(3,4)13(7-9(2)14)8-10(15)12-5/h9-10,12,14-15H,6-8H2,1-5H3. The number of nitrogens with zero attached hydrogens (tertiary/aromatic N) is 1. The molecule has 0 bridgehead atoms. The normalized spacial score (nSPS) is 16.5. The largest absolute Gasteiger partial charge is 0.401 e. The highest BCUT2D eigenvalue weighted by atomic mass is 16.3. The molecular formula is C11H26BNO2. The molecule has 0 saturated carbocycles. The molecule has 0 fully saturated rings. The number of rotatable bonds is 7. The van der Waals surface area contributed by atoms with E-state index >= 15 is 0 Å². The third-order valence-corrected chi connectivity index (χ3v) is 3.11. The number of aliphatic hydroxyl groups excluding tert-OH is 2. The van der Waals surface area contributed by atoms with E-state index in [0.717, 1.165) is 13.7 Å². The second-order valence-electron chi connectivity index (χ2n) is 4.98. The number of hydrogen-bond acceptors (Lipinski definition) is 3. The Bertz CT molecular complexity index is 174. The fraction of sp³-hybridized carbons (Fsp3) is 1.00. The zero-order valence-electron chi connectivity index (χ0n) is 10.8. The Kier molecular flexibility index (Phi) is 6.49. The van der Waals surface area contributed by atoms with Gasteiger partial charge in [-0.05, 0) is 27.2 Å². The second kappa shape index (κ2) is 6.51. The van der Waals surface area contributed by atoms with Gasteiger partial charge in [0, 0.05) is 24.6 Å². The molecule has 4 heteroatoms. The van der Waals surface area contributed by atoms with E-state index in [4.69, 9.17) is 0 Å². The van der Waals surface area contributed by atoms with Gasteiger partial charge in [-0.15, -0.1) is 0 Å². The molecule has 0 radical (unpaired) electrons. The first-order valence-corrected chi connectivity index (χ1v) is 5.94. The van der Waals surface area contributed by atoms with Crippen molar-refractivity contribution in [2.45, 2.75) is 58.6 Å². The highest BCUT2D eigenvalue weighted by molar-refractivity contribution is 6.35. The molecule has 0 amide bonds. The van der Waals surface area contributed by atoms with Crippen LogP contribution in [0.5, 0.6) is 0 Å². The SMILES string of the molecule is CBC(O)CN(CC(C)O)C(C)(C)CC. The molecule has 0 heterocycles. The Hall–Kier alpha value is -0.0551. The van der Waals surface area contributed by atoms with Crippen molar-refractivity contribution in [2.24, 2.45) is 0 Å². The third-order valence-electron chi connectivity index (χ3n) is 3.11. The topological polar surface area (TPSA) is 43.7 Å². The average Bonchev–Trinajstić information content (AvgIpc) is 2.15. The minimum absolute atomic E-state index is 0.0349. The Morgan fingerprint density at radius 1 is 1.27 bits per heavy atom. The molecule has 2 N–H and O–H groups in total. The maximum atomic E-state index is 9.68. The Labute approximate surface area is 94.7 Å². The molecule has 2 unspecified atom stereocenters. The first kappa shape index (κ1) is 14.9.